The summed E-state index contributed by atoms with van der Waals surface area (Å²) in [5.74, 6) is 0.651. The molecule has 4 nitrogen and oxygen atoms in total. The van der Waals surface area contributed by atoms with Gasteiger partial charge in [0.05, 0.1) is 27.8 Å². The van der Waals surface area contributed by atoms with Gasteiger partial charge in [-0.15, -0.1) is 0 Å². The van der Waals surface area contributed by atoms with Gasteiger partial charge in [0.2, 0.25) is 5.95 Å². The summed E-state index contributed by atoms with van der Waals surface area (Å²) in [5.41, 5.74) is 11.9. The van der Waals surface area contributed by atoms with Gasteiger partial charge in [-0.25, -0.2) is 9.97 Å². The first-order valence-electron chi connectivity index (χ1n) is 16.9. The van der Waals surface area contributed by atoms with Crippen molar-refractivity contribution in [3.63, 3.8) is 0 Å². The zero-order chi connectivity index (χ0) is 33.0. The van der Waals surface area contributed by atoms with Crippen LogP contribution in [0.1, 0.15) is 0 Å². The van der Waals surface area contributed by atoms with Crippen LogP contribution in [0.25, 0.3) is 88.8 Å². The number of para-hydroxylation sites is 3. The van der Waals surface area contributed by atoms with Crippen LogP contribution in [0, 0.1) is 0 Å². The molecule has 234 valence electrons. The molecule has 50 heavy (non-hydrogen) atoms. The van der Waals surface area contributed by atoms with E-state index in [0.717, 1.165) is 55.5 Å². The van der Waals surface area contributed by atoms with Gasteiger partial charge in [-0.05, 0) is 82.9 Å². The van der Waals surface area contributed by atoms with E-state index in [1.807, 2.05) is 0 Å². The molecule has 0 fully saturated rings. The molecule has 7 aromatic carbocycles. The van der Waals surface area contributed by atoms with Crippen molar-refractivity contribution < 1.29 is 0 Å². The molecule has 0 spiro atoms. The molecule has 0 unspecified atom stereocenters. The summed E-state index contributed by atoms with van der Waals surface area (Å²) < 4.78 is 4.49. The summed E-state index contributed by atoms with van der Waals surface area (Å²) in [6, 6.07) is 62.1. The zero-order valence-corrected chi connectivity index (χ0v) is 27.1. The fourth-order valence-electron chi connectivity index (χ4n) is 7.46. The Balaban J connectivity index is 1.25. The molecule has 3 heterocycles. The van der Waals surface area contributed by atoms with Gasteiger partial charge in [0.1, 0.15) is 0 Å². The Morgan fingerprint density at radius 2 is 0.940 bits per heavy atom. The molecule has 0 saturated heterocycles. The lowest BCUT2D eigenvalue weighted by Crippen LogP contribution is -2.03. The molecule has 0 N–H and O–H groups in total. The highest BCUT2D eigenvalue weighted by atomic mass is 15.2. The van der Waals surface area contributed by atoms with E-state index >= 15 is 0 Å². The molecule has 0 saturated carbocycles. The van der Waals surface area contributed by atoms with Crippen LogP contribution >= 0.6 is 0 Å². The van der Waals surface area contributed by atoms with Crippen LogP contribution in [0.15, 0.2) is 182 Å². The normalized spacial score (nSPS) is 11.6. The second-order valence-corrected chi connectivity index (χ2v) is 12.7. The van der Waals surface area contributed by atoms with E-state index in [9.17, 15) is 0 Å². The van der Waals surface area contributed by atoms with E-state index in [1.165, 1.54) is 27.3 Å². The summed E-state index contributed by atoms with van der Waals surface area (Å²) in [4.78, 5) is 10.7. The molecule has 4 heteroatoms. The van der Waals surface area contributed by atoms with Gasteiger partial charge >= 0.3 is 0 Å². The smallest absolute Gasteiger partial charge is 0.235 e. The van der Waals surface area contributed by atoms with Gasteiger partial charge < -0.3 is 4.57 Å². The largest absolute Gasteiger partial charge is 0.317 e. The molecule has 10 rings (SSSR count). The highest BCUT2D eigenvalue weighted by molar-refractivity contribution is 6.21. The Morgan fingerprint density at radius 3 is 1.66 bits per heavy atom. The molecule has 0 aliphatic carbocycles. The summed E-state index contributed by atoms with van der Waals surface area (Å²) >= 11 is 0. The topological polar surface area (TPSA) is 35.6 Å². The number of benzene rings is 7. The highest BCUT2D eigenvalue weighted by Gasteiger charge is 2.20. The van der Waals surface area contributed by atoms with Gasteiger partial charge in [-0.2, -0.15) is 0 Å². The molecule has 3 aromatic heterocycles. The van der Waals surface area contributed by atoms with Crippen molar-refractivity contribution in [2.24, 2.45) is 0 Å². The molecule has 0 aliphatic heterocycles. The molecule has 0 radical (unpaired) electrons. The molecule has 0 bridgehead atoms. The minimum Gasteiger partial charge on any atom is -0.317 e. The Kier molecular flexibility index (Phi) is 6.46. The quantitative estimate of drug-likeness (QED) is 0.188. The average molecular weight is 639 g/mol. The maximum absolute atomic E-state index is 5.46. The Bertz CT molecular complexity index is 2790. The van der Waals surface area contributed by atoms with E-state index in [1.54, 1.807) is 0 Å². The van der Waals surface area contributed by atoms with Gasteiger partial charge in [0.25, 0.3) is 0 Å². The molecule has 0 atom stereocenters. The zero-order valence-electron chi connectivity index (χ0n) is 27.1. The predicted octanol–water partition coefficient (Wildman–Crippen LogP) is 11.7. The number of rotatable bonds is 5. The molecule has 0 amide bonds. The fourth-order valence-corrected chi connectivity index (χ4v) is 7.46. The molecular weight excluding hydrogens is 609 g/mol. The van der Waals surface area contributed by atoms with Crippen LogP contribution in [0.3, 0.4) is 0 Å². The molecule has 10 aromatic rings. The van der Waals surface area contributed by atoms with Crippen molar-refractivity contribution in [1.29, 1.82) is 0 Å². The van der Waals surface area contributed by atoms with Crippen LogP contribution in [0.4, 0.5) is 0 Å². The van der Waals surface area contributed by atoms with Crippen LogP contribution in [0.5, 0.6) is 0 Å². The Labute approximate surface area is 289 Å². The lowest BCUT2D eigenvalue weighted by atomic mass is 9.94. The number of nitrogens with zero attached hydrogens (tertiary/aromatic N) is 4. The second kappa shape index (κ2) is 11.4. The van der Waals surface area contributed by atoms with Crippen molar-refractivity contribution in [3.05, 3.63) is 182 Å². The third-order valence-corrected chi connectivity index (χ3v) is 9.75. The first-order chi connectivity index (χ1) is 24.8. The van der Waals surface area contributed by atoms with Crippen LogP contribution in [-0.4, -0.2) is 19.1 Å². The second-order valence-electron chi connectivity index (χ2n) is 12.7. The van der Waals surface area contributed by atoms with Crippen LogP contribution in [-0.2, 0) is 0 Å². The number of fused-ring (bicyclic) bond motifs is 6. The van der Waals surface area contributed by atoms with E-state index < -0.39 is 0 Å². The minimum absolute atomic E-state index is 0.651. The predicted molar refractivity (Wildman–Crippen MR) is 207 cm³/mol. The first-order valence-corrected chi connectivity index (χ1v) is 16.9. The van der Waals surface area contributed by atoms with Crippen molar-refractivity contribution in [2.75, 3.05) is 0 Å². The summed E-state index contributed by atoms with van der Waals surface area (Å²) in [7, 11) is 0. The van der Waals surface area contributed by atoms with E-state index in [0.29, 0.717) is 5.95 Å². The van der Waals surface area contributed by atoms with Crippen LogP contribution < -0.4 is 0 Å². The first kappa shape index (κ1) is 28.3. The summed E-state index contributed by atoms with van der Waals surface area (Å²) in [6.45, 7) is 0. The minimum atomic E-state index is 0.651. The monoisotopic (exact) mass is 638 g/mol. The number of hydrogen-bond donors (Lipinski definition) is 0. The summed E-state index contributed by atoms with van der Waals surface area (Å²) in [5, 5.41) is 4.59. The van der Waals surface area contributed by atoms with Gasteiger partial charge in [-0.1, -0.05) is 115 Å². The number of hydrogen-bond acceptors (Lipinski definition) is 2. The van der Waals surface area contributed by atoms with Gasteiger partial charge in [0, 0.05) is 39.0 Å². The van der Waals surface area contributed by atoms with Gasteiger partial charge in [0.15, 0.2) is 0 Å². The number of aromatic nitrogens is 4. The third kappa shape index (κ3) is 4.54. The SMILES string of the molecule is c1ccc(-c2cc(-c3ccccc3)cc(-c3nc(-n4c5ccccc5c5c6ccn(-c7ccccc7)c6ccc54)nc4ccccc34)c2)cc1. The maximum Gasteiger partial charge on any atom is 0.235 e. The van der Waals surface area contributed by atoms with Crippen molar-refractivity contribution in [3.8, 4) is 45.1 Å². The standard InChI is InChI=1S/C46H30N4/c1-4-14-31(15-5-1)33-28-34(32-16-6-2-7-17-32)30-35(29-33)45-37-20-10-12-22-40(37)47-46(48-45)50-42-23-13-11-21-38(42)44-39-26-27-49(36-18-8-3-9-19-36)41(39)24-25-43(44)50/h1-30H. The highest BCUT2D eigenvalue weighted by Crippen LogP contribution is 2.39. The summed E-state index contributed by atoms with van der Waals surface area (Å²) in [6.07, 6.45) is 2.17. The molecular formula is C46H30N4. The lowest BCUT2D eigenvalue weighted by molar-refractivity contribution is 1.01. The van der Waals surface area contributed by atoms with Gasteiger partial charge in [-0.3, -0.25) is 4.57 Å². The Hall–Kier alpha value is -6.78. The maximum atomic E-state index is 5.46. The fraction of sp³-hybridized carbons (Fsp3) is 0. The average Bonchev–Trinajstić information content (AvgIpc) is 3.78. The van der Waals surface area contributed by atoms with Crippen molar-refractivity contribution in [2.45, 2.75) is 0 Å². The lowest BCUT2D eigenvalue weighted by Gasteiger charge is -2.14. The third-order valence-electron chi connectivity index (χ3n) is 9.75. The molecule has 0 aliphatic rings. The Morgan fingerprint density at radius 1 is 0.380 bits per heavy atom. The van der Waals surface area contributed by atoms with E-state index in [4.69, 9.17) is 9.97 Å². The van der Waals surface area contributed by atoms with Crippen LogP contribution in [0.2, 0.25) is 0 Å². The van der Waals surface area contributed by atoms with Crippen molar-refractivity contribution in [1.82, 2.24) is 19.1 Å². The van der Waals surface area contributed by atoms with E-state index in [-0.39, 0.29) is 0 Å². The van der Waals surface area contributed by atoms with E-state index in [2.05, 4.69) is 191 Å². The van der Waals surface area contributed by atoms with Crippen molar-refractivity contribution >= 4 is 43.6 Å².